The number of nitrogens with one attached hydrogen (secondary N) is 2. The minimum atomic E-state index is -3.41. The van der Waals surface area contributed by atoms with E-state index in [4.69, 9.17) is 0 Å². The third-order valence-corrected chi connectivity index (χ3v) is 7.07. The molecule has 0 amide bonds. The van der Waals surface area contributed by atoms with Gasteiger partial charge in [-0.15, -0.1) is 0 Å². The lowest BCUT2D eigenvalue weighted by atomic mass is 10.1. The zero-order valence-electron chi connectivity index (χ0n) is 12.3. The predicted molar refractivity (Wildman–Crippen MR) is 86.9 cm³/mol. The van der Waals surface area contributed by atoms with Crippen LogP contribution in [0.5, 0.6) is 0 Å². The molecule has 6 heteroatoms. The van der Waals surface area contributed by atoms with Crippen molar-refractivity contribution in [2.24, 2.45) is 0 Å². The molecule has 2 aliphatic rings. The van der Waals surface area contributed by atoms with Crippen LogP contribution in [0.25, 0.3) is 0 Å². The summed E-state index contributed by atoms with van der Waals surface area (Å²) in [6.45, 7) is 3.72. The normalized spacial score (nSPS) is 25.2. The lowest BCUT2D eigenvalue weighted by Crippen LogP contribution is -2.38. The molecular formula is C15H22N2O2S2. The number of hydrogen-bond donors (Lipinski definition) is 2. The molecule has 21 heavy (non-hydrogen) atoms. The molecule has 1 aliphatic carbocycles. The first-order chi connectivity index (χ1) is 10.1. The van der Waals surface area contributed by atoms with Gasteiger partial charge in [-0.05, 0) is 41.9 Å². The summed E-state index contributed by atoms with van der Waals surface area (Å²) in [6.07, 6.45) is 3.17. The highest BCUT2D eigenvalue weighted by molar-refractivity contribution is 8.00. The standard InChI is InChI=1S/C15H22N2O2S2/c1-2-20-15-5-3-4-14(15)17-21(18,19)13-7-6-11-9-16-10-12(11)8-13/h6-8,14-17H,2-5,9-10H2,1H3. The Balaban J connectivity index is 1.77. The van der Waals surface area contributed by atoms with Crippen LogP contribution >= 0.6 is 11.8 Å². The summed E-state index contributed by atoms with van der Waals surface area (Å²) in [7, 11) is -3.41. The molecule has 1 aliphatic heterocycles. The van der Waals surface area contributed by atoms with Gasteiger partial charge in [0.2, 0.25) is 10.0 Å². The van der Waals surface area contributed by atoms with Crippen molar-refractivity contribution in [1.29, 1.82) is 0 Å². The zero-order valence-corrected chi connectivity index (χ0v) is 13.9. The molecule has 0 radical (unpaired) electrons. The van der Waals surface area contributed by atoms with Crippen LogP contribution in [-0.4, -0.2) is 25.5 Å². The van der Waals surface area contributed by atoms with Gasteiger partial charge in [0.05, 0.1) is 4.90 Å². The molecule has 1 saturated carbocycles. The van der Waals surface area contributed by atoms with Crippen LogP contribution in [0.3, 0.4) is 0 Å². The fraction of sp³-hybridized carbons (Fsp3) is 0.600. The first-order valence-corrected chi connectivity index (χ1v) is 10.1. The van der Waals surface area contributed by atoms with E-state index in [2.05, 4.69) is 17.0 Å². The fourth-order valence-electron chi connectivity index (χ4n) is 3.18. The Morgan fingerprint density at radius 3 is 2.90 bits per heavy atom. The van der Waals surface area contributed by atoms with E-state index >= 15 is 0 Å². The summed E-state index contributed by atoms with van der Waals surface area (Å²) in [4.78, 5) is 0.400. The molecule has 116 valence electrons. The first-order valence-electron chi connectivity index (χ1n) is 7.56. The average Bonchev–Trinajstić information content (AvgIpc) is 3.07. The Morgan fingerprint density at radius 2 is 2.10 bits per heavy atom. The van der Waals surface area contributed by atoms with Crippen molar-refractivity contribution in [2.75, 3.05) is 5.75 Å². The van der Waals surface area contributed by atoms with Gasteiger partial charge in [0.25, 0.3) is 0 Å². The number of benzene rings is 1. The molecule has 0 bridgehead atoms. The lowest BCUT2D eigenvalue weighted by molar-refractivity contribution is 0.555. The number of hydrogen-bond acceptors (Lipinski definition) is 4. The molecule has 0 aromatic heterocycles. The maximum Gasteiger partial charge on any atom is 0.240 e. The Kier molecular flexibility index (Phi) is 4.59. The SMILES string of the molecule is CCSC1CCCC1NS(=O)(=O)c1ccc2c(c1)CNC2. The highest BCUT2D eigenvalue weighted by Gasteiger charge is 2.31. The van der Waals surface area contributed by atoms with Gasteiger partial charge in [-0.1, -0.05) is 19.4 Å². The van der Waals surface area contributed by atoms with Crippen molar-refractivity contribution in [3.05, 3.63) is 29.3 Å². The fourth-order valence-corrected chi connectivity index (χ4v) is 5.83. The molecule has 1 heterocycles. The van der Waals surface area contributed by atoms with E-state index in [1.807, 2.05) is 23.9 Å². The van der Waals surface area contributed by atoms with Gasteiger partial charge in [-0.3, -0.25) is 0 Å². The molecule has 0 saturated heterocycles. The second-order valence-electron chi connectivity index (χ2n) is 5.69. The van der Waals surface area contributed by atoms with Crippen molar-refractivity contribution >= 4 is 21.8 Å². The minimum absolute atomic E-state index is 0.0753. The van der Waals surface area contributed by atoms with Crippen LogP contribution in [-0.2, 0) is 23.1 Å². The third kappa shape index (κ3) is 3.28. The number of thioether (sulfide) groups is 1. The lowest BCUT2D eigenvalue weighted by Gasteiger charge is -2.20. The van der Waals surface area contributed by atoms with Crippen LogP contribution < -0.4 is 10.0 Å². The Morgan fingerprint density at radius 1 is 1.29 bits per heavy atom. The predicted octanol–water partition coefficient (Wildman–Crippen LogP) is 2.24. The van der Waals surface area contributed by atoms with E-state index in [0.717, 1.165) is 43.7 Å². The summed E-state index contributed by atoms with van der Waals surface area (Å²) in [6, 6.07) is 5.54. The monoisotopic (exact) mass is 326 g/mol. The highest BCUT2D eigenvalue weighted by Crippen LogP contribution is 2.31. The topological polar surface area (TPSA) is 58.2 Å². The van der Waals surface area contributed by atoms with E-state index in [-0.39, 0.29) is 6.04 Å². The summed E-state index contributed by atoms with van der Waals surface area (Å²) in [5, 5.41) is 3.66. The van der Waals surface area contributed by atoms with E-state index in [9.17, 15) is 8.42 Å². The Hall–Kier alpha value is -0.560. The molecule has 3 rings (SSSR count). The molecule has 1 aromatic carbocycles. The summed E-state index contributed by atoms with van der Waals surface area (Å²) in [5.41, 5.74) is 2.30. The van der Waals surface area contributed by atoms with Gasteiger partial charge in [-0.2, -0.15) is 11.8 Å². The van der Waals surface area contributed by atoms with Crippen LogP contribution in [0, 0.1) is 0 Å². The van der Waals surface area contributed by atoms with Crippen molar-refractivity contribution in [3.8, 4) is 0 Å². The molecule has 1 aromatic rings. The number of rotatable bonds is 5. The van der Waals surface area contributed by atoms with Crippen molar-refractivity contribution in [3.63, 3.8) is 0 Å². The second kappa shape index (κ2) is 6.28. The summed E-state index contributed by atoms with van der Waals surface area (Å²) in [5.74, 6) is 1.04. The van der Waals surface area contributed by atoms with Crippen LogP contribution in [0.2, 0.25) is 0 Å². The van der Waals surface area contributed by atoms with Crippen LogP contribution in [0.1, 0.15) is 37.3 Å². The highest BCUT2D eigenvalue weighted by atomic mass is 32.2. The van der Waals surface area contributed by atoms with Crippen molar-refractivity contribution in [1.82, 2.24) is 10.0 Å². The quantitative estimate of drug-likeness (QED) is 0.871. The molecule has 2 N–H and O–H groups in total. The largest absolute Gasteiger partial charge is 0.309 e. The molecule has 2 unspecified atom stereocenters. The molecule has 0 spiro atoms. The molecule has 1 fully saturated rings. The second-order valence-corrected chi connectivity index (χ2v) is 8.92. The van der Waals surface area contributed by atoms with Crippen molar-refractivity contribution < 1.29 is 8.42 Å². The Bertz CT molecular complexity index is 616. The van der Waals surface area contributed by atoms with Gasteiger partial charge in [0.1, 0.15) is 0 Å². The van der Waals surface area contributed by atoms with Gasteiger partial charge >= 0.3 is 0 Å². The van der Waals surface area contributed by atoms with Crippen LogP contribution in [0.15, 0.2) is 23.1 Å². The minimum Gasteiger partial charge on any atom is -0.309 e. The maximum atomic E-state index is 12.6. The van der Waals surface area contributed by atoms with Crippen LogP contribution in [0.4, 0.5) is 0 Å². The zero-order chi connectivity index (χ0) is 14.9. The number of fused-ring (bicyclic) bond motifs is 1. The van der Waals surface area contributed by atoms with Gasteiger partial charge in [0.15, 0.2) is 0 Å². The maximum absolute atomic E-state index is 12.6. The van der Waals surface area contributed by atoms with Gasteiger partial charge in [-0.25, -0.2) is 13.1 Å². The van der Waals surface area contributed by atoms with E-state index < -0.39 is 10.0 Å². The van der Waals surface area contributed by atoms with Gasteiger partial charge in [0, 0.05) is 24.4 Å². The third-order valence-electron chi connectivity index (χ3n) is 4.26. The summed E-state index contributed by atoms with van der Waals surface area (Å²) >= 11 is 1.87. The smallest absolute Gasteiger partial charge is 0.240 e. The summed E-state index contributed by atoms with van der Waals surface area (Å²) < 4.78 is 28.1. The molecule has 4 nitrogen and oxygen atoms in total. The van der Waals surface area contributed by atoms with E-state index in [1.165, 1.54) is 5.56 Å². The van der Waals surface area contributed by atoms with Crippen molar-refractivity contribution in [2.45, 2.75) is 55.5 Å². The average molecular weight is 326 g/mol. The molecular weight excluding hydrogens is 304 g/mol. The molecule has 2 atom stereocenters. The van der Waals surface area contributed by atoms with E-state index in [0.29, 0.717) is 10.1 Å². The number of sulfonamides is 1. The first kappa shape index (κ1) is 15.3. The van der Waals surface area contributed by atoms with E-state index in [1.54, 1.807) is 6.07 Å². The Labute approximate surface area is 131 Å². The van der Waals surface area contributed by atoms with Gasteiger partial charge < -0.3 is 5.32 Å².